The van der Waals surface area contributed by atoms with Crippen molar-refractivity contribution in [2.75, 3.05) is 0 Å². The van der Waals surface area contributed by atoms with Gasteiger partial charge in [-0.3, -0.25) is 4.40 Å². The summed E-state index contributed by atoms with van der Waals surface area (Å²) in [4.78, 5) is 0. The molecule has 0 aliphatic heterocycles. The van der Waals surface area contributed by atoms with Crippen LogP contribution in [0.5, 0.6) is 11.5 Å². The highest BCUT2D eigenvalue weighted by molar-refractivity contribution is 5.55. The van der Waals surface area contributed by atoms with Gasteiger partial charge in [-0.15, -0.1) is 10.2 Å². The highest BCUT2D eigenvalue weighted by Crippen LogP contribution is 2.57. The first-order chi connectivity index (χ1) is 12.1. The molecule has 3 aromatic rings. The van der Waals surface area contributed by atoms with Gasteiger partial charge in [0.2, 0.25) is 5.65 Å². The monoisotopic (exact) mass is 339 g/mol. The van der Waals surface area contributed by atoms with Crippen molar-refractivity contribution in [2.24, 2.45) is 0 Å². The van der Waals surface area contributed by atoms with E-state index in [1.807, 2.05) is 16.7 Å². The fraction of sp³-hybridized carbons (Fsp3) is 0.368. The number of benzene rings is 1. The van der Waals surface area contributed by atoms with Crippen LogP contribution in [0.15, 0.2) is 42.6 Å². The minimum Gasteiger partial charge on any atom is -0.450 e. The van der Waals surface area contributed by atoms with Crippen LogP contribution in [-0.2, 0) is 5.41 Å². The predicted octanol–water partition coefficient (Wildman–Crippen LogP) is 3.61. The van der Waals surface area contributed by atoms with Gasteiger partial charge in [0.25, 0.3) is 0 Å². The van der Waals surface area contributed by atoms with Gasteiger partial charge in [-0.05, 0) is 56.4 Å². The highest BCUT2D eigenvalue weighted by Gasteiger charge is 2.56. The van der Waals surface area contributed by atoms with E-state index in [2.05, 4.69) is 10.2 Å². The molecular weight excluding hydrogens is 321 g/mol. The molecule has 1 N–H and O–H groups in total. The number of hydrogen-bond acceptors (Lipinski definition) is 4. The Morgan fingerprint density at radius 2 is 1.76 bits per heavy atom. The van der Waals surface area contributed by atoms with Crippen molar-refractivity contribution < 1.29 is 14.2 Å². The van der Waals surface area contributed by atoms with E-state index in [4.69, 9.17) is 4.74 Å². The number of aliphatic hydroxyl groups is 1. The summed E-state index contributed by atoms with van der Waals surface area (Å²) in [5.41, 5.74) is -0.102. The topological polar surface area (TPSA) is 59.7 Å². The van der Waals surface area contributed by atoms with E-state index in [1.165, 1.54) is 6.07 Å². The first-order valence-corrected chi connectivity index (χ1v) is 8.58. The Morgan fingerprint density at radius 1 is 1.00 bits per heavy atom. The van der Waals surface area contributed by atoms with E-state index in [0.29, 0.717) is 11.4 Å². The zero-order chi connectivity index (χ0) is 17.1. The van der Waals surface area contributed by atoms with Gasteiger partial charge in [-0.2, -0.15) is 0 Å². The van der Waals surface area contributed by atoms with Gasteiger partial charge < -0.3 is 9.84 Å². The van der Waals surface area contributed by atoms with Crippen molar-refractivity contribution in [1.29, 1.82) is 0 Å². The molecule has 0 spiro atoms. The molecule has 2 aromatic heterocycles. The number of pyridine rings is 1. The van der Waals surface area contributed by atoms with Gasteiger partial charge in [0, 0.05) is 11.6 Å². The Labute approximate surface area is 144 Å². The van der Waals surface area contributed by atoms with Gasteiger partial charge in [-0.1, -0.05) is 12.1 Å². The molecule has 25 heavy (non-hydrogen) atoms. The summed E-state index contributed by atoms with van der Waals surface area (Å²) in [5.74, 6) is 1.08. The summed E-state index contributed by atoms with van der Waals surface area (Å²) in [5, 5.41) is 19.3. The van der Waals surface area contributed by atoms with E-state index in [-0.39, 0.29) is 11.2 Å². The number of halogens is 1. The molecule has 0 saturated heterocycles. The number of aromatic nitrogens is 3. The summed E-state index contributed by atoms with van der Waals surface area (Å²) in [6.07, 6.45) is 6.11. The molecule has 5 rings (SSSR count). The van der Waals surface area contributed by atoms with Gasteiger partial charge in [0.05, 0.1) is 5.60 Å². The van der Waals surface area contributed by atoms with Crippen LogP contribution < -0.4 is 4.74 Å². The third kappa shape index (κ3) is 2.17. The number of rotatable bonds is 3. The second kappa shape index (κ2) is 5.02. The van der Waals surface area contributed by atoms with Crippen LogP contribution in [0.3, 0.4) is 0 Å². The molecular formula is C19H18FN3O2. The predicted molar refractivity (Wildman–Crippen MR) is 89.2 cm³/mol. The van der Waals surface area contributed by atoms with Gasteiger partial charge >= 0.3 is 0 Å². The molecule has 2 heterocycles. The molecule has 0 radical (unpaired) electrons. The zero-order valence-electron chi connectivity index (χ0n) is 13.7. The van der Waals surface area contributed by atoms with Crippen LogP contribution in [0.2, 0.25) is 0 Å². The molecule has 5 nitrogen and oxygen atoms in total. The van der Waals surface area contributed by atoms with Crippen LogP contribution >= 0.6 is 0 Å². The number of hydrogen-bond donors (Lipinski definition) is 1. The van der Waals surface area contributed by atoms with Crippen molar-refractivity contribution in [1.82, 2.24) is 14.6 Å². The lowest BCUT2D eigenvalue weighted by Crippen LogP contribution is -2.23. The molecule has 6 heteroatoms. The molecule has 2 aliphatic carbocycles. The van der Waals surface area contributed by atoms with Gasteiger partial charge in [0.15, 0.2) is 17.3 Å². The van der Waals surface area contributed by atoms with Crippen LogP contribution in [0.1, 0.15) is 37.9 Å². The zero-order valence-corrected chi connectivity index (χ0v) is 13.7. The van der Waals surface area contributed by atoms with Crippen molar-refractivity contribution in [2.45, 2.75) is 43.1 Å². The van der Waals surface area contributed by atoms with E-state index >= 15 is 0 Å². The maximum Gasteiger partial charge on any atom is 0.203 e. The maximum absolute atomic E-state index is 13.9. The van der Waals surface area contributed by atoms with E-state index in [9.17, 15) is 9.50 Å². The fourth-order valence-electron chi connectivity index (χ4n) is 4.46. The van der Waals surface area contributed by atoms with Crippen molar-refractivity contribution >= 4 is 5.65 Å². The minimum absolute atomic E-state index is 0.120. The van der Waals surface area contributed by atoms with Crippen LogP contribution in [0.4, 0.5) is 4.39 Å². The fourth-order valence-corrected chi connectivity index (χ4v) is 4.46. The summed E-state index contributed by atoms with van der Waals surface area (Å²) in [7, 11) is 0. The Hall–Kier alpha value is -2.47. The normalized spacial score (nSPS) is 27.9. The third-order valence-electron chi connectivity index (χ3n) is 5.74. The van der Waals surface area contributed by atoms with Crippen LogP contribution in [-0.4, -0.2) is 25.3 Å². The molecule has 0 atom stereocenters. The number of para-hydroxylation sites is 1. The second-order valence-corrected chi connectivity index (χ2v) is 7.30. The second-order valence-electron chi connectivity index (χ2n) is 7.30. The molecule has 0 amide bonds. The highest BCUT2D eigenvalue weighted by atomic mass is 19.1. The number of nitrogens with zero attached hydrogens (tertiary/aromatic N) is 3. The molecule has 1 aromatic carbocycles. The Morgan fingerprint density at radius 3 is 2.48 bits per heavy atom. The lowest BCUT2D eigenvalue weighted by molar-refractivity contribution is 0.0521. The minimum atomic E-state index is -0.549. The van der Waals surface area contributed by atoms with Crippen molar-refractivity contribution in [3.63, 3.8) is 0 Å². The Balaban J connectivity index is 1.58. The first kappa shape index (κ1) is 14.8. The molecule has 2 bridgehead atoms. The standard InChI is InChI=1S/C19H18FN3O2/c20-13-4-1-2-5-14(13)25-15-6-3-11-23-16(15)21-22-17(23)18-7-9-19(24,12-18)10-8-18/h1-6,11,24H,7-10,12H2. The lowest BCUT2D eigenvalue weighted by atomic mass is 9.83. The molecule has 128 valence electrons. The first-order valence-electron chi connectivity index (χ1n) is 8.58. The average Bonchev–Trinajstić information content (AvgIpc) is 3.28. The van der Waals surface area contributed by atoms with Gasteiger partial charge in [0.1, 0.15) is 5.82 Å². The summed E-state index contributed by atoms with van der Waals surface area (Å²) in [6, 6.07) is 9.91. The summed E-state index contributed by atoms with van der Waals surface area (Å²) < 4.78 is 21.6. The Kier molecular flexibility index (Phi) is 2.98. The molecule has 0 unspecified atom stereocenters. The summed E-state index contributed by atoms with van der Waals surface area (Å²) in [6.45, 7) is 0. The SMILES string of the molecule is OC12CCC(c3nnc4c(Oc5ccccc5F)cccn34)(CC1)C2. The number of fused-ring (bicyclic) bond motifs is 3. The van der Waals surface area contributed by atoms with Gasteiger partial charge in [-0.25, -0.2) is 4.39 Å². The maximum atomic E-state index is 13.9. The number of ether oxygens (including phenoxy) is 1. The largest absolute Gasteiger partial charge is 0.450 e. The van der Waals surface area contributed by atoms with E-state index in [1.54, 1.807) is 24.3 Å². The molecule has 2 saturated carbocycles. The van der Waals surface area contributed by atoms with Crippen molar-refractivity contribution in [3.05, 3.63) is 54.2 Å². The van der Waals surface area contributed by atoms with E-state index < -0.39 is 11.4 Å². The smallest absolute Gasteiger partial charge is 0.203 e. The quantitative estimate of drug-likeness (QED) is 0.792. The van der Waals surface area contributed by atoms with Crippen molar-refractivity contribution in [3.8, 4) is 11.5 Å². The van der Waals surface area contributed by atoms with E-state index in [0.717, 1.165) is 37.9 Å². The average molecular weight is 339 g/mol. The third-order valence-corrected chi connectivity index (χ3v) is 5.74. The van der Waals surface area contributed by atoms with Crippen LogP contribution in [0.25, 0.3) is 5.65 Å². The molecule has 2 fully saturated rings. The molecule has 2 aliphatic rings. The summed E-state index contributed by atoms with van der Waals surface area (Å²) >= 11 is 0. The Bertz CT molecular complexity index is 960. The van der Waals surface area contributed by atoms with Crippen LogP contribution in [0, 0.1) is 5.82 Å². The lowest BCUT2D eigenvalue weighted by Gasteiger charge is -2.24.